The van der Waals surface area contributed by atoms with Crippen molar-refractivity contribution >= 4 is 32.6 Å². The molecule has 0 fully saturated rings. The highest BCUT2D eigenvalue weighted by Crippen LogP contribution is 2.46. The quantitative estimate of drug-likeness (QED) is 0.175. The molecule has 47 heavy (non-hydrogen) atoms. The molecule has 1 heterocycles. The maximum atomic E-state index is 2.37. The van der Waals surface area contributed by atoms with Crippen LogP contribution in [0, 0.1) is 0 Å². The fourth-order valence-corrected chi connectivity index (χ4v) is 7.17. The molecule has 1 heteroatoms. The molecular weight excluding hydrogens is 567 g/mol. The molecule has 8 aromatic rings. The number of benzene rings is 7. The first-order chi connectivity index (χ1) is 23.2. The summed E-state index contributed by atoms with van der Waals surface area (Å²) >= 11 is 0. The van der Waals surface area contributed by atoms with E-state index in [1.165, 1.54) is 83.5 Å². The number of nitrogens with zero attached hydrogens (tertiary/aromatic N) is 1. The summed E-state index contributed by atoms with van der Waals surface area (Å²) < 4.78 is 2.37. The van der Waals surface area contributed by atoms with E-state index in [1.807, 2.05) is 0 Å². The Morgan fingerprint density at radius 1 is 0.404 bits per heavy atom. The van der Waals surface area contributed by atoms with Gasteiger partial charge >= 0.3 is 0 Å². The number of aromatic nitrogens is 1. The number of aryl methyl sites for hydroxylation is 1. The van der Waals surface area contributed by atoms with Gasteiger partial charge in [0.1, 0.15) is 0 Å². The Balaban J connectivity index is 0.000000108. The molecule has 0 radical (unpaired) electrons. The molecule has 2 aliphatic rings. The van der Waals surface area contributed by atoms with E-state index < -0.39 is 0 Å². The van der Waals surface area contributed by atoms with Crippen LogP contribution in [0.3, 0.4) is 0 Å². The van der Waals surface area contributed by atoms with Gasteiger partial charge < -0.3 is 4.57 Å². The van der Waals surface area contributed by atoms with Crippen LogP contribution in [-0.2, 0) is 13.0 Å². The van der Waals surface area contributed by atoms with Crippen molar-refractivity contribution in [1.29, 1.82) is 0 Å². The number of fused-ring (bicyclic) bond motifs is 9. The zero-order chi connectivity index (χ0) is 32.2. The van der Waals surface area contributed by atoms with Gasteiger partial charge in [0, 0.05) is 28.4 Å². The second-order valence-electron chi connectivity index (χ2n) is 12.2. The molecule has 2 aliphatic carbocycles. The van der Waals surface area contributed by atoms with Gasteiger partial charge in [-0.2, -0.15) is 0 Å². The molecule has 0 unspecified atom stereocenters. The van der Waals surface area contributed by atoms with E-state index in [2.05, 4.69) is 183 Å². The van der Waals surface area contributed by atoms with Gasteiger partial charge in [-0.25, -0.2) is 0 Å². The highest BCUT2D eigenvalue weighted by atomic mass is 15.0. The van der Waals surface area contributed by atoms with Gasteiger partial charge in [0.05, 0.1) is 0 Å². The van der Waals surface area contributed by atoms with Crippen molar-refractivity contribution in [3.8, 4) is 33.4 Å². The summed E-state index contributed by atoms with van der Waals surface area (Å²) in [5.41, 5.74) is 13.9. The van der Waals surface area contributed by atoms with Crippen LogP contribution in [0.1, 0.15) is 38.3 Å². The summed E-state index contributed by atoms with van der Waals surface area (Å²) in [5, 5.41) is 5.46. The van der Waals surface area contributed by atoms with Gasteiger partial charge in [-0.3, -0.25) is 0 Å². The molecule has 10 rings (SSSR count). The van der Waals surface area contributed by atoms with Crippen LogP contribution in [0.5, 0.6) is 0 Å². The monoisotopic (exact) mass is 607 g/mol. The van der Waals surface area contributed by atoms with Crippen LogP contribution < -0.4 is 0 Å². The molecule has 0 atom stereocenters. The van der Waals surface area contributed by atoms with E-state index in [0.29, 0.717) is 0 Å². The van der Waals surface area contributed by atoms with Gasteiger partial charge in [0.15, 0.2) is 0 Å². The lowest BCUT2D eigenvalue weighted by Gasteiger charge is -2.01. The SMILES string of the molecule is CCC.CCn1c2ccccc2c2ccccc21.c1ccc2c(c1)-c1cccc3cccc-2c13.c1ccc2c(c1)Cc1ccccc1-2. The Morgan fingerprint density at radius 2 is 0.787 bits per heavy atom. The first-order valence-corrected chi connectivity index (χ1v) is 17.0. The summed E-state index contributed by atoms with van der Waals surface area (Å²) in [7, 11) is 0. The third kappa shape index (κ3) is 5.64. The highest BCUT2D eigenvalue weighted by molar-refractivity contribution is 6.15. The summed E-state index contributed by atoms with van der Waals surface area (Å²) in [4.78, 5) is 0. The van der Waals surface area contributed by atoms with Gasteiger partial charge in [0.25, 0.3) is 0 Å². The van der Waals surface area contributed by atoms with Crippen molar-refractivity contribution in [2.45, 2.75) is 40.2 Å². The van der Waals surface area contributed by atoms with E-state index in [1.54, 1.807) is 0 Å². The summed E-state index contributed by atoms with van der Waals surface area (Å²) in [6.45, 7) is 7.47. The lowest BCUT2D eigenvalue weighted by atomic mass is 10.0. The third-order valence-electron chi connectivity index (χ3n) is 9.11. The zero-order valence-electron chi connectivity index (χ0n) is 27.6. The smallest absolute Gasteiger partial charge is 0.0491 e. The van der Waals surface area contributed by atoms with Crippen molar-refractivity contribution < 1.29 is 0 Å². The zero-order valence-corrected chi connectivity index (χ0v) is 27.6. The highest BCUT2D eigenvalue weighted by Gasteiger charge is 2.19. The predicted molar refractivity (Wildman–Crippen MR) is 204 cm³/mol. The first kappa shape index (κ1) is 30.3. The van der Waals surface area contributed by atoms with Crippen LogP contribution in [-0.4, -0.2) is 4.57 Å². The lowest BCUT2D eigenvalue weighted by molar-refractivity contribution is 0.827. The lowest BCUT2D eigenvalue weighted by Crippen LogP contribution is -1.91. The van der Waals surface area contributed by atoms with Gasteiger partial charge in [-0.05, 0) is 80.8 Å². The molecule has 0 N–H and O–H groups in total. The van der Waals surface area contributed by atoms with Gasteiger partial charge in [-0.1, -0.05) is 166 Å². The van der Waals surface area contributed by atoms with Gasteiger partial charge in [-0.15, -0.1) is 0 Å². The largest absolute Gasteiger partial charge is 0.341 e. The fourth-order valence-electron chi connectivity index (χ4n) is 7.17. The average molecular weight is 608 g/mol. The minimum Gasteiger partial charge on any atom is -0.341 e. The van der Waals surface area contributed by atoms with Crippen LogP contribution in [0.2, 0.25) is 0 Å². The Bertz CT molecular complexity index is 2160. The van der Waals surface area contributed by atoms with E-state index in [9.17, 15) is 0 Å². The van der Waals surface area contributed by atoms with Crippen LogP contribution in [0.4, 0.5) is 0 Å². The molecule has 1 aromatic heterocycles. The maximum Gasteiger partial charge on any atom is 0.0491 e. The van der Waals surface area contributed by atoms with Crippen molar-refractivity contribution in [2.75, 3.05) is 0 Å². The second-order valence-corrected chi connectivity index (χ2v) is 12.2. The summed E-state index contributed by atoms with van der Waals surface area (Å²) in [6.07, 6.45) is 2.35. The van der Waals surface area contributed by atoms with Crippen LogP contribution >= 0.6 is 0 Å². The molecule has 0 saturated heterocycles. The minimum absolute atomic E-state index is 1.02. The fraction of sp³-hybridized carbons (Fsp3) is 0.130. The van der Waals surface area contributed by atoms with Crippen molar-refractivity contribution in [1.82, 2.24) is 4.57 Å². The number of para-hydroxylation sites is 2. The number of hydrogen-bond donors (Lipinski definition) is 0. The molecule has 0 spiro atoms. The summed E-state index contributed by atoms with van der Waals surface area (Å²) in [5.74, 6) is 0. The molecule has 0 amide bonds. The number of hydrogen-bond acceptors (Lipinski definition) is 0. The normalized spacial score (nSPS) is 11.4. The van der Waals surface area contributed by atoms with Crippen LogP contribution in [0.15, 0.2) is 158 Å². The molecule has 230 valence electrons. The standard InChI is InChI=1S/C16H10.C14H13N.C13H10.C3H8/c1-2-8-13-12(7-1)14-9-3-5-11-6-4-10-15(13)16(11)14;1-2-15-13-9-5-3-7-11(13)12-8-4-6-10-14(12)15;1-3-7-12-10(5-1)9-11-6-2-4-8-13(11)12;1-3-2/h1-10H;3-10H,2H2,1H3;1-8H,9H2;3H2,1-2H3. The number of rotatable bonds is 1. The Kier molecular flexibility index (Phi) is 8.71. The maximum absolute atomic E-state index is 2.37. The van der Waals surface area contributed by atoms with E-state index in [0.717, 1.165) is 13.0 Å². The van der Waals surface area contributed by atoms with E-state index >= 15 is 0 Å². The molecule has 0 bridgehead atoms. The third-order valence-corrected chi connectivity index (χ3v) is 9.11. The first-order valence-electron chi connectivity index (χ1n) is 17.0. The molecule has 0 saturated carbocycles. The van der Waals surface area contributed by atoms with E-state index in [-0.39, 0.29) is 0 Å². The molecule has 0 aliphatic heterocycles. The van der Waals surface area contributed by atoms with Crippen LogP contribution in [0.25, 0.3) is 66.0 Å². The Labute approximate surface area is 278 Å². The molecule has 7 aromatic carbocycles. The topological polar surface area (TPSA) is 4.93 Å². The van der Waals surface area contributed by atoms with E-state index in [4.69, 9.17) is 0 Å². The second kappa shape index (κ2) is 13.5. The summed E-state index contributed by atoms with van der Waals surface area (Å²) in [6, 6.07) is 56.3. The Morgan fingerprint density at radius 3 is 1.26 bits per heavy atom. The van der Waals surface area contributed by atoms with Crippen molar-refractivity contribution in [2.24, 2.45) is 0 Å². The minimum atomic E-state index is 1.02. The molecule has 1 nitrogen and oxygen atoms in total. The molecular formula is C46H41N. The Hall–Kier alpha value is -5.40. The van der Waals surface area contributed by atoms with Gasteiger partial charge in [0.2, 0.25) is 0 Å². The van der Waals surface area contributed by atoms with Crippen molar-refractivity contribution in [3.63, 3.8) is 0 Å². The van der Waals surface area contributed by atoms with Crippen molar-refractivity contribution in [3.05, 3.63) is 169 Å². The average Bonchev–Trinajstić information content (AvgIpc) is 3.78. The predicted octanol–water partition coefficient (Wildman–Crippen LogP) is 13.0.